The molecule has 0 unspecified atom stereocenters. The van der Waals surface area contributed by atoms with Crippen LogP contribution in [-0.4, -0.2) is 21.9 Å². The van der Waals surface area contributed by atoms with Gasteiger partial charge in [0.15, 0.2) is 5.82 Å². The van der Waals surface area contributed by atoms with Crippen LogP contribution in [0.3, 0.4) is 0 Å². The molecule has 1 aromatic heterocycles. The third kappa shape index (κ3) is 4.10. The maximum absolute atomic E-state index is 11.1. The highest BCUT2D eigenvalue weighted by Crippen LogP contribution is 2.24. The molecule has 0 spiro atoms. The third-order valence-electron chi connectivity index (χ3n) is 2.53. The van der Waals surface area contributed by atoms with E-state index in [4.69, 9.17) is 9.47 Å². The van der Waals surface area contributed by atoms with E-state index in [0.717, 1.165) is 5.56 Å². The Bertz CT molecular complexity index is 627. The van der Waals surface area contributed by atoms with E-state index in [2.05, 4.69) is 9.97 Å². The number of aromatic nitrogens is 2. The van der Waals surface area contributed by atoms with Crippen molar-refractivity contribution in [3.63, 3.8) is 0 Å². The van der Waals surface area contributed by atoms with Gasteiger partial charge in [-0.1, -0.05) is 18.2 Å². The molecule has 0 radical (unpaired) electrons. The van der Waals surface area contributed by atoms with Gasteiger partial charge in [-0.2, -0.15) is 0 Å². The molecule has 1 aromatic carbocycles. The molecule has 0 N–H and O–H groups in total. The number of esters is 2. The molecule has 0 saturated carbocycles. The molecule has 108 valence electrons. The van der Waals surface area contributed by atoms with Gasteiger partial charge in [0.05, 0.1) is 0 Å². The largest absolute Gasteiger partial charge is 0.421 e. The molecule has 0 aliphatic carbocycles. The summed E-state index contributed by atoms with van der Waals surface area (Å²) in [6, 6.07) is 8.70. The number of hydrogen-bond donors (Lipinski definition) is 0. The van der Waals surface area contributed by atoms with Crippen LogP contribution in [0.2, 0.25) is 0 Å². The molecule has 0 atom stereocenters. The summed E-state index contributed by atoms with van der Waals surface area (Å²) in [4.78, 5) is 30.5. The van der Waals surface area contributed by atoms with Gasteiger partial charge in [0.2, 0.25) is 0 Å². The fraction of sp³-hybridized carbons (Fsp3) is 0.200. The van der Waals surface area contributed by atoms with Gasteiger partial charge < -0.3 is 9.47 Å². The second kappa shape index (κ2) is 6.60. The average molecular weight is 286 g/mol. The molecular weight excluding hydrogens is 272 g/mol. The van der Waals surface area contributed by atoms with Crippen molar-refractivity contribution in [3.05, 3.63) is 48.3 Å². The Hall–Kier alpha value is -2.76. The first-order valence-corrected chi connectivity index (χ1v) is 6.28. The molecular formula is C15H14N2O4. The lowest BCUT2D eigenvalue weighted by Crippen LogP contribution is -2.15. The highest BCUT2D eigenvalue weighted by atomic mass is 16.7. The Kier molecular flexibility index (Phi) is 4.61. The molecule has 0 aliphatic rings. The van der Waals surface area contributed by atoms with Crippen molar-refractivity contribution in [2.24, 2.45) is 0 Å². The summed E-state index contributed by atoms with van der Waals surface area (Å²) in [5.74, 6) is -0.547. The van der Waals surface area contributed by atoms with Crippen LogP contribution in [0.1, 0.15) is 25.7 Å². The predicted molar refractivity (Wildman–Crippen MR) is 73.7 cm³/mol. The van der Waals surface area contributed by atoms with Crippen LogP contribution >= 0.6 is 0 Å². The lowest BCUT2D eigenvalue weighted by Gasteiger charge is -2.17. The van der Waals surface area contributed by atoms with Crippen LogP contribution in [0, 0.1) is 0 Å². The Morgan fingerprint density at radius 2 is 1.62 bits per heavy atom. The maximum atomic E-state index is 11.1. The fourth-order valence-corrected chi connectivity index (χ4v) is 1.73. The summed E-state index contributed by atoms with van der Waals surface area (Å²) in [5, 5.41) is 0. The molecule has 0 saturated heterocycles. The molecule has 0 bridgehead atoms. The summed E-state index contributed by atoms with van der Waals surface area (Å²) in [6.45, 7) is 2.50. The van der Waals surface area contributed by atoms with E-state index in [1.165, 1.54) is 13.8 Å². The molecule has 21 heavy (non-hydrogen) atoms. The van der Waals surface area contributed by atoms with E-state index in [-0.39, 0.29) is 0 Å². The lowest BCUT2D eigenvalue weighted by atomic mass is 10.1. The Balaban J connectivity index is 2.33. The summed E-state index contributed by atoms with van der Waals surface area (Å²) in [6.07, 6.45) is 2.18. The minimum atomic E-state index is -1.08. The van der Waals surface area contributed by atoms with Crippen LogP contribution in [0.5, 0.6) is 0 Å². The maximum Gasteiger partial charge on any atom is 0.305 e. The number of ether oxygens (including phenoxy) is 2. The number of hydrogen-bond acceptors (Lipinski definition) is 6. The first-order valence-electron chi connectivity index (χ1n) is 6.28. The van der Waals surface area contributed by atoms with Crippen molar-refractivity contribution in [1.82, 2.24) is 9.97 Å². The van der Waals surface area contributed by atoms with Crippen molar-refractivity contribution in [2.75, 3.05) is 0 Å². The van der Waals surface area contributed by atoms with E-state index < -0.39 is 18.2 Å². The summed E-state index contributed by atoms with van der Waals surface area (Å²) >= 11 is 0. The highest BCUT2D eigenvalue weighted by molar-refractivity contribution is 5.68. The van der Waals surface area contributed by atoms with E-state index >= 15 is 0 Å². The topological polar surface area (TPSA) is 78.4 Å². The van der Waals surface area contributed by atoms with Gasteiger partial charge in [-0.05, 0) is 12.1 Å². The second-order valence-corrected chi connectivity index (χ2v) is 4.25. The van der Waals surface area contributed by atoms with Crippen LogP contribution in [0.4, 0.5) is 0 Å². The van der Waals surface area contributed by atoms with Crippen LogP contribution in [0.15, 0.2) is 42.7 Å². The normalized spacial score (nSPS) is 10.2. The van der Waals surface area contributed by atoms with Crippen molar-refractivity contribution < 1.29 is 19.1 Å². The fourth-order valence-electron chi connectivity index (χ4n) is 1.73. The standard InChI is InChI=1S/C15H14N2O4/c1-10(18)20-15(21-11(2)19)13-6-3-5-12(9-13)14-16-7-4-8-17-14/h3-9,15H,1-2H3. The van der Waals surface area contributed by atoms with Crippen molar-refractivity contribution in [3.8, 4) is 11.4 Å². The lowest BCUT2D eigenvalue weighted by molar-refractivity contribution is -0.186. The van der Waals surface area contributed by atoms with Gasteiger partial charge in [-0.3, -0.25) is 9.59 Å². The van der Waals surface area contributed by atoms with E-state index in [0.29, 0.717) is 11.4 Å². The molecule has 2 rings (SSSR count). The zero-order valence-electron chi connectivity index (χ0n) is 11.6. The molecule has 6 heteroatoms. The van der Waals surface area contributed by atoms with Gasteiger partial charge in [0, 0.05) is 37.4 Å². The Labute approximate surface area is 121 Å². The monoisotopic (exact) mass is 286 g/mol. The second-order valence-electron chi connectivity index (χ2n) is 4.25. The third-order valence-corrected chi connectivity index (χ3v) is 2.53. The van der Waals surface area contributed by atoms with Crippen molar-refractivity contribution in [1.29, 1.82) is 0 Å². The Morgan fingerprint density at radius 1 is 1.00 bits per heavy atom. The first kappa shape index (κ1) is 14.6. The van der Waals surface area contributed by atoms with Gasteiger partial charge in [0.1, 0.15) is 0 Å². The van der Waals surface area contributed by atoms with Gasteiger partial charge >= 0.3 is 11.9 Å². The van der Waals surface area contributed by atoms with Gasteiger partial charge in [-0.15, -0.1) is 0 Å². The minimum Gasteiger partial charge on any atom is -0.421 e. The van der Waals surface area contributed by atoms with Crippen LogP contribution in [-0.2, 0) is 19.1 Å². The predicted octanol–water partition coefficient (Wildman–Crippen LogP) is 2.27. The van der Waals surface area contributed by atoms with Gasteiger partial charge in [0.25, 0.3) is 6.29 Å². The molecule has 6 nitrogen and oxygen atoms in total. The quantitative estimate of drug-likeness (QED) is 0.633. The number of rotatable bonds is 4. The smallest absolute Gasteiger partial charge is 0.305 e. The van der Waals surface area contributed by atoms with E-state index in [1.54, 1.807) is 36.7 Å². The summed E-state index contributed by atoms with van der Waals surface area (Å²) < 4.78 is 10.0. The molecule has 0 amide bonds. The molecule has 0 aliphatic heterocycles. The van der Waals surface area contributed by atoms with Crippen LogP contribution < -0.4 is 0 Å². The van der Waals surface area contributed by atoms with Gasteiger partial charge in [-0.25, -0.2) is 9.97 Å². The number of benzene rings is 1. The molecule has 0 fully saturated rings. The number of carbonyl (C=O) groups excluding carboxylic acids is 2. The highest BCUT2D eigenvalue weighted by Gasteiger charge is 2.18. The van der Waals surface area contributed by atoms with E-state index in [1.807, 2.05) is 6.07 Å². The SMILES string of the molecule is CC(=O)OC(OC(C)=O)c1cccc(-c2ncccn2)c1. The van der Waals surface area contributed by atoms with Crippen molar-refractivity contribution in [2.45, 2.75) is 20.1 Å². The first-order chi connectivity index (χ1) is 10.1. The van der Waals surface area contributed by atoms with Crippen LogP contribution in [0.25, 0.3) is 11.4 Å². The zero-order chi connectivity index (χ0) is 15.2. The van der Waals surface area contributed by atoms with E-state index in [9.17, 15) is 9.59 Å². The summed E-state index contributed by atoms with van der Waals surface area (Å²) in [5.41, 5.74) is 1.27. The Morgan fingerprint density at radius 3 is 2.19 bits per heavy atom. The minimum absolute atomic E-state index is 0.531. The number of nitrogens with zero attached hydrogens (tertiary/aromatic N) is 2. The van der Waals surface area contributed by atoms with Crippen molar-refractivity contribution >= 4 is 11.9 Å². The molecule has 1 heterocycles. The summed E-state index contributed by atoms with van der Waals surface area (Å²) in [7, 11) is 0. The molecule has 2 aromatic rings. The zero-order valence-corrected chi connectivity index (χ0v) is 11.6. The average Bonchev–Trinajstić information content (AvgIpc) is 2.47. The number of carbonyl (C=O) groups is 2.